The van der Waals surface area contributed by atoms with Gasteiger partial charge >= 0.3 is 0 Å². The lowest BCUT2D eigenvalue weighted by Gasteiger charge is -2.50. The van der Waals surface area contributed by atoms with Crippen LogP contribution in [0.3, 0.4) is 0 Å². The predicted molar refractivity (Wildman–Crippen MR) is 76.6 cm³/mol. The third kappa shape index (κ3) is 2.48. The molecule has 0 spiro atoms. The van der Waals surface area contributed by atoms with Crippen molar-refractivity contribution in [3.8, 4) is 5.75 Å². The van der Waals surface area contributed by atoms with Crippen LogP contribution in [0.1, 0.15) is 11.6 Å². The highest BCUT2D eigenvalue weighted by Gasteiger charge is 2.36. The number of rotatable bonds is 4. The number of likely N-dealkylation sites (N-methyl/N-ethyl adjacent to an activating group) is 1. The van der Waals surface area contributed by atoms with Crippen LogP contribution in [0, 0.1) is 0 Å². The van der Waals surface area contributed by atoms with Crippen molar-refractivity contribution in [1.29, 1.82) is 0 Å². The largest absolute Gasteiger partial charge is 0.497 e. The first-order valence-corrected chi connectivity index (χ1v) is 7.09. The summed E-state index contributed by atoms with van der Waals surface area (Å²) >= 11 is 0. The molecule has 3 saturated heterocycles. The maximum atomic E-state index is 5.24. The van der Waals surface area contributed by atoms with Crippen LogP contribution in [-0.4, -0.2) is 62.7 Å². The molecule has 1 aromatic rings. The average Bonchev–Trinajstić information content (AvgIpc) is 2.50. The molecular formula is C15H23N3O. The average molecular weight is 261 g/mol. The highest BCUT2D eigenvalue weighted by molar-refractivity contribution is 5.30. The predicted octanol–water partition coefficient (Wildman–Crippen LogP) is 0.955. The molecule has 2 unspecified atom stereocenters. The summed E-state index contributed by atoms with van der Waals surface area (Å²) in [5, 5.41) is 3.50. The van der Waals surface area contributed by atoms with Crippen LogP contribution in [-0.2, 0) is 0 Å². The third-order valence-electron chi connectivity index (χ3n) is 4.49. The number of piperazine rings is 3. The molecule has 3 fully saturated rings. The van der Waals surface area contributed by atoms with E-state index in [-0.39, 0.29) is 0 Å². The van der Waals surface area contributed by atoms with Gasteiger partial charge in [-0.3, -0.25) is 9.80 Å². The Morgan fingerprint density at radius 3 is 2.32 bits per heavy atom. The van der Waals surface area contributed by atoms with Crippen molar-refractivity contribution in [1.82, 2.24) is 15.1 Å². The lowest BCUT2D eigenvalue weighted by molar-refractivity contribution is -0.00255. The third-order valence-corrected chi connectivity index (χ3v) is 4.49. The van der Waals surface area contributed by atoms with Crippen LogP contribution in [0.4, 0.5) is 0 Å². The molecule has 0 saturated carbocycles. The van der Waals surface area contributed by atoms with E-state index in [0.717, 1.165) is 5.75 Å². The molecule has 1 aromatic carbocycles. The summed E-state index contributed by atoms with van der Waals surface area (Å²) < 4.78 is 5.24. The van der Waals surface area contributed by atoms with Gasteiger partial charge in [-0.1, -0.05) is 12.1 Å². The minimum atomic E-state index is 0.397. The van der Waals surface area contributed by atoms with Crippen molar-refractivity contribution in [2.24, 2.45) is 0 Å². The van der Waals surface area contributed by atoms with Crippen molar-refractivity contribution in [2.45, 2.75) is 12.1 Å². The zero-order valence-corrected chi connectivity index (χ0v) is 11.8. The summed E-state index contributed by atoms with van der Waals surface area (Å²) in [7, 11) is 3.78. The van der Waals surface area contributed by atoms with Gasteiger partial charge in [0.15, 0.2) is 0 Å². The Hall–Kier alpha value is -1.10. The number of methoxy groups -OCH3 is 1. The number of benzene rings is 1. The van der Waals surface area contributed by atoms with Gasteiger partial charge in [-0.25, -0.2) is 0 Å². The molecule has 4 rings (SSSR count). The summed E-state index contributed by atoms with van der Waals surface area (Å²) in [6.07, 6.45) is 0. The zero-order valence-electron chi connectivity index (χ0n) is 11.8. The van der Waals surface area contributed by atoms with E-state index in [0.29, 0.717) is 12.1 Å². The molecular weight excluding hydrogens is 238 g/mol. The normalized spacial score (nSPS) is 31.2. The molecule has 2 bridgehead atoms. The molecule has 2 atom stereocenters. The number of nitrogens with zero attached hydrogens (tertiary/aromatic N) is 2. The van der Waals surface area contributed by atoms with E-state index >= 15 is 0 Å². The minimum absolute atomic E-state index is 0.397. The second-order valence-electron chi connectivity index (χ2n) is 5.44. The van der Waals surface area contributed by atoms with Gasteiger partial charge < -0.3 is 10.1 Å². The van der Waals surface area contributed by atoms with Crippen LogP contribution < -0.4 is 10.1 Å². The molecule has 3 aliphatic heterocycles. The zero-order chi connectivity index (χ0) is 13.2. The SMILES string of the molecule is CNC(c1ccc(OC)cc1)C1CN2CCN1CC2. The van der Waals surface area contributed by atoms with Crippen LogP contribution in [0.2, 0.25) is 0 Å². The highest BCUT2D eigenvalue weighted by Crippen LogP contribution is 2.28. The number of hydrogen-bond donors (Lipinski definition) is 1. The Balaban J connectivity index is 1.79. The van der Waals surface area contributed by atoms with Crippen molar-refractivity contribution < 1.29 is 4.74 Å². The maximum absolute atomic E-state index is 5.24. The van der Waals surface area contributed by atoms with Crippen molar-refractivity contribution in [3.63, 3.8) is 0 Å². The fourth-order valence-electron chi connectivity index (χ4n) is 3.37. The van der Waals surface area contributed by atoms with Gasteiger partial charge in [-0.15, -0.1) is 0 Å². The highest BCUT2D eigenvalue weighted by atomic mass is 16.5. The fourth-order valence-corrected chi connectivity index (χ4v) is 3.37. The van der Waals surface area contributed by atoms with Gasteiger partial charge in [0.25, 0.3) is 0 Å². The Bertz CT molecular complexity index is 412. The minimum Gasteiger partial charge on any atom is -0.497 e. The van der Waals surface area contributed by atoms with Gasteiger partial charge in [0.05, 0.1) is 7.11 Å². The van der Waals surface area contributed by atoms with Crippen LogP contribution in [0.15, 0.2) is 24.3 Å². The van der Waals surface area contributed by atoms with E-state index in [4.69, 9.17) is 4.74 Å². The van der Waals surface area contributed by atoms with E-state index in [1.54, 1.807) is 7.11 Å². The lowest BCUT2D eigenvalue weighted by Crippen LogP contribution is -2.63. The van der Waals surface area contributed by atoms with E-state index < -0.39 is 0 Å². The monoisotopic (exact) mass is 261 g/mol. The Morgan fingerprint density at radius 2 is 1.84 bits per heavy atom. The number of fused-ring (bicyclic) bond motifs is 3. The molecule has 3 aliphatic rings. The Morgan fingerprint density at radius 1 is 1.16 bits per heavy atom. The van der Waals surface area contributed by atoms with E-state index in [1.165, 1.54) is 38.3 Å². The molecule has 3 heterocycles. The van der Waals surface area contributed by atoms with E-state index in [1.807, 2.05) is 0 Å². The maximum Gasteiger partial charge on any atom is 0.118 e. The second-order valence-corrected chi connectivity index (χ2v) is 5.44. The van der Waals surface area contributed by atoms with Gasteiger partial charge in [0.1, 0.15) is 5.75 Å². The summed E-state index contributed by atoms with van der Waals surface area (Å²) in [5.74, 6) is 0.924. The molecule has 0 radical (unpaired) electrons. The van der Waals surface area contributed by atoms with Crippen LogP contribution in [0.25, 0.3) is 0 Å². The Labute approximate surface area is 115 Å². The quantitative estimate of drug-likeness (QED) is 0.873. The van der Waals surface area contributed by atoms with Crippen molar-refractivity contribution >= 4 is 0 Å². The molecule has 4 heteroatoms. The first-order chi connectivity index (χ1) is 9.31. The fraction of sp³-hybridized carbons (Fsp3) is 0.600. The molecule has 104 valence electrons. The first-order valence-electron chi connectivity index (χ1n) is 7.09. The van der Waals surface area contributed by atoms with Gasteiger partial charge in [-0.05, 0) is 24.7 Å². The lowest BCUT2D eigenvalue weighted by atomic mass is 9.94. The molecule has 0 aromatic heterocycles. The summed E-state index contributed by atoms with van der Waals surface area (Å²) in [6.45, 7) is 6.06. The van der Waals surface area contributed by atoms with E-state index in [2.05, 4.69) is 46.4 Å². The molecule has 19 heavy (non-hydrogen) atoms. The summed E-state index contributed by atoms with van der Waals surface area (Å²) in [4.78, 5) is 5.21. The Kier molecular flexibility index (Phi) is 3.73. The van der Waals surface area contributed by atoms with Gasteiger partial charge in [0.2, 0.25) is 0 Å². The topological polar surface area (TPSA) is 27.7 Å². The molecule has 4 nitrogen and oxygen atoms in total. The number of hydrogen-bond acceptors (Lipinski definition) is 4. The summed E-state index contributed by atoms with van der Waals surface area (Å²) in [5.41, 5.74) is 1.35. The van der Waals surface area contributed by atoms with Gasteiger partial charge in [0, 0.05) is 44.8 Å². The smallest absolute Gasteiger partial charge is 0.118 e. The van der Waals surface area contributed by atoms with Crippen molar-refractivity contribution in [2.75, 3.05) is 46.9 Å². The number of ether oxygens (including phenoxy) is 1. The standard InChI is InChI=1S/C15H23N3O/c1-16-15(12-3-5-13(19-2)6-4-12)14-11-17-7-9-18(14)10-8-17/h3-6,14-16H,7-11H2,1-2H3. The van der Waals surface area contributed by atoms with Crippen LogP contribution in [0.5, 0.6) is 5.75 Å². The van der Waals surface area contributed by atoms with E-state index in [9.17, 15) is 0 Å². The molecule has 0 amide bonds. The van der Waals surface area contributed by atoms with Crippen LogP contribution >= 0.6 is 0 Å². The van der Waals surface area contributed by atoms with Crippen molar-refractivity contribution in [3.05, 3.63) is 29.8 Å². The first kappa shape index (κ1) is 12.9. The molecule has 0 aliphatic carbocycles. The molecule has 1 N–H and O–H groups in total. The second kappa shape index (κ2) is 5.49. The number of nitrogens with one attached hydrogen (secondary N) is 1. The van der Waals surface area contributed by atoms with Gasteiger partial charge in [-0.2, -0.15) is 0 Å². The summed E-state index contributed by atoms with van der Waals surface area (Å²) in [6, 6.07) is 9.44.